The topological polar surface area (TPSA) is 178 Å². The molecule has 10 atom stereocenters. The van der Waals surface area contributed by atoms with Crippen LogP contribution >= 0.6 is 0 Å². The van der Waals surface area contributed by atoms with Crippen molar-refractivity contribution in [3.05, 3.63) is 23.8 Å². The van der Waals surface area contributed by atoms with Gasteiger partial charge in [-0.05, 0) is 38.3 Å². The molecular formula is C30H40O13. The molecule has 1 N–H and O–H groups in total. The van der Waals surface area contributed by atoms with E-state index in [1.165, 1.54) is 13.8 Å². The molecule has 0 radical (unpaired) electrons. The van der Waals surface area contributed by atoms with Gasteiger partial charge in [0, 0.05) is 40.5 Å². The Bertz CT molecular complexity index is 1240. The molecule has 13 nitrogen and oxygen atoms in total. The highest BCUT2D eigenvalue weighted by atomic mass is 16.6. The van der Waals surface area contributed by atoms with Crippen molar-refractivity contribution in [3.8, 4) is 0 Å². The maximum absolute atomic E-state index is 13.0. The zero-order valence-electron chi connectivity index (χ0n) is 25.7. The van der Waals surface area contributed by atoms with E-state index in [4.69, 9.17) is 28.4 Å². The molecule has 0 unspecified atom stereocenters. The molecule has 1 saturated carbocycles. The van der Waals surface area contributed by atoms with Gasteiger partial charge in [0.05, 0.1) is 11.3 Å². The minimum Gasteiger partial charge on any atom is -0.462 e. The van der Waals surface area contributed by atoms with Crippen molar-refractivity contribution in [3.63, 3.8) is 0 Å². The summed E-state index contributed by atoms with van der Waals surface area (Å²) in [6.45, 7) is 14.5. The number of esters is 6. The first-order chi connectivity index (χ1) is 19.8. The van der Waals surface area contributed by atoms with Crippen LogP contribution < -0.4 is 0 Å². The molecule has 2 fully saturated rings. The van der Waals surface area contributed by atoms with E-state index < -0.39 is 95.3 Å². The second kappa shape index (κ2) is 12.5. The smallest absolute Gasteiger partial charge is 0.312 e. The van der Waals surface area contributed by atoms with Crippen LogP contribution in [-0.2, 0) is 57.2 Å². The first kappa shape index (κ1) is 33.8. The number of carbonyl (C=O) groups excluding carboxylic acids is 6. The number of fused-ring (bicyclic) bond motifs is 2. The maximum atomic E-state index is 13.0. The Hall–Kier alpha value is -3.74. The summed E-state index contributed by atoms with van der Waals surface area (Å²) < 4.78 is 34.3. The molecule has 0 spiro atoms. The third-order valence-corrected chi connectivity index (χ3v) is 8.57. The second-order valence-electron chi connectivity index (χ2n) is 11.7. The lowest BCUT2D eigenvalue weighted by Crippen LogP contribution is -2.71. The van der Waals surface area contributed by atoms with Crippen LogP contribution in [0, 0.1) is 17.3 Å². The first-order valence-corrected chi connectivity index (χ1v) is 14.0. The molecule has 1 aliphatic heterocycles. The average molecular weight is 609 g/mol. The molecule has 2 aliphatic carbocycles. The van der Waals surface area contributed by atoms with Crippen molar-refractivity contribution in [2.75, 3.05) is 0 Å². The largest absolute Gasteiger partial charge is 0.462 e. The number of hydrogen-bond donors (Lipinski definition) is 1. The Kier molecular flexibility index (Phi) is 9.79. The first-order valence-electron chi connectivity index (χ1n) is 14.0. The van der Waals surface area contributed by atoms with Gasteiger partial charge in [0.1, 0.15) is 12.2 Å². The molecule has 1 heterocycles. The van der Waals surface area contributed by atoms with Crippen molar-refractivity contribution >= 4 is 35.8 Å². The standard InChI is InChI=1S/C30H40O13/c1-13-10-11-21(38-16(4)31)29(9)23(26(41-19(7)34)30(37)15(3)28(36)43-22(30)12-13)14(2)24(39-17(5)32)25(40-18(6)33)27(29)42-20(8)35/h12,15,21-27,37H,2,10-11H2,1,3-9H3/b13-12-/t15-,21-,22-,23+,24-,25-,26-,27-,29+,30-/m0/s1. The molecule has 3 aliphatic rings. The monoisotopic (exact) mass is 608 g/mol. The minimum absolute atomic E-state index is 0.00393. The summed E-state index contributed by atoms with van der Waals surface area (Å²) in [4.78, 5) is 75.5. The summed E-state index contributed by atoms with van der Waals surface area (Å²) in [7, 11) is 0. The minimum atomic E-state index is -2.23. The van der Waals surface area contributed by atoms with Crippen LogP contribution in [0.2, 0.25) is 0 Å². The van der Waals surface area contributed by atoms with Gasteiger partial charge in [-0.15, -0.1) is 0 Å². The molecule has 0 bridgehead atoms. The second-order valence-corrected chi connectivity index (χ2v) is 11.7. The lowest BCUT2D eigenvalue weighted by atomic mass is 9.53. The van der Waals surface area contributed by atoms with E-state index in [0.717, 1.165) is 27.7 Å². The highest BCUT2D eigenvalue weighted by Crippen LogP contribution is 2.57. The summed E-state index contributed by atoms with van der Waals surface area (Å²) in [5.41, 5.74) is -3.25. The van der Waals surface area contributed by atoms with Gasteiger partial charge in [-0.3, -0.25) is 28.8 Å². The quantitative estimate of drug-likeness (QED) is 0.272. The lowest BCUT2D eigenvalue weighted by molar-refractivity contribution is -0.248. The third-order valence-electron chi connectivity index (χ3n) is 8.57. The number of hydrogen-bond acceptors (Lipinski definition) is 13. The number of carbonyl (C=O) groups is 6. The fraction of sp³-hybridized carbons (Fsp3) is 0.667. The SMILES string of the molecule is C=C1[C@@H]2[C@H](OC(C)=O)[C@@]3(O)[C@H](/C=C(/C)CC[C@H](OC(C)=O)[C@@]2(C)[C@@H](OC(C)=O)[C@@H](OC(C)=O)[C@H]1OC(C)=O)OC(=O)[C@@H]3C. The molecule has 238 valence electrons. The van der Waals surface area contributed by atoms with Gasteiger partial charge in [-0.1, -0.05) is 19.1 Å². The highest BCUT2D eigenvalue weighted by molar-refractivity contribution is 5.78. The van der Waals surface area contributed by atoms with Crippen molar-refractivity contribution in [2.45, 2.75) is 110 Å². The van der Waals surface area contributed by atoms with Crippen molar-refractivity contribution in [2.24, 2.45) is 17.3 Å². The highest BCUT2D eigenvalue weighted by Gasteiger charge is 2.71. The summed E-state index contributed by atoms with van der Waals surface area (Å²) in [6.07, 6.45) is -6.62. The third kappa shape index (κ3) is 6.31. The van der Waals surface area contributed by atoms with Gasteiger partial charge in [-0.2, -0.15) is 0 Å². The van der Waals surface area contributed by atoms with Crippen molar-refractivity contribution in [1.82, 2.24) is 0 Å². The Morgan fingerprint density at radius 1 is 0.884 bits per heavy atom. The zero-order valence-corrected chi connectivity index (χ0v) is 25.7. The maximum Gasteiger partial charge on any atom is 0.312 e. The van der Waals surface area contributed by atoms with E-state index in [1.807, 2.05) is 0 Å². The van der Waals surface area contributed by atoms with Crippen LogP contribution in [0.5, 0.6) is 0 Å². The summed E-state index contributed by atoms with van der Waals surface area (Å²) in [6, 6.07) is 0. The molecular weight excluding hydrogens is 568 g/mol. The van der Waals surface area contributed by atoms with Crippen LogP contribution in [0.4, 0.5) is 0 Å². The Morgan fingerprint density at radius 2 is 1.40 bits per heavy atom. The molecule has 1 saturated heterocycles. The lowest BCUT2D eigenvalue weighted by Gasteiger charge is -2.58. The molecule has 3 rings (SSSR count). The van der Waals surface area contributed by atoms with Crippen molar-refractivity contribution in [1.29, 1.82) is 0 Å². The van der Waals surface area contributed by atoms with Gasteiger partial charge in [0.15, 0.2) is 30.0 Å². The molecule has 0 aromatic rings. The van der Waals surface area contributed by atoms with Gasteiger partial charge >= 0.3 is 35.8 Å². The molecule has 0 aromatic heterocycles. The summed E-state index contributed by atoms with van der Waals surface area (Å²) in [5.74, 6) is -7.34. The number of aliphatic hydroxyl groups is 1. The van der Waals surface area contributed by atoms with E-state index in [1.54, 1.807) is 19.9 Å². The van der Waals surface area contributed by atoms with Crippen LogP contribution in [0.25, 0.3) is 0 Å². The molecule has 13 heteroatoms. The van der Waals surface area contributed by atoms with Crippen LogP contribution in [-0.4, -0.2) is 83.1 Å². The predicted molar refractivity (Wildman–Crippen MR) is 145 cm³/mol. The fourth-order valence-electron chi connectivity index (χ4n) is 6.73. The van der Waals surface area contributed by atoms with Gasteiger partial charge in [0.2, 0.25) is 0 Å². The van der Waals surface area contributed by atoms with Gasteiger partial charge in [-0.25, -0.2) is 0 Å². The van der Waals surface area contributed by atoms with Crippen LogP contribution in [0.3, 0.4) is 0 Å². The van der Waals surface area contributed by atoms with Crippen LogP contribution in [0.1, 0.15) is 68.2 Å². The van der Waals surface area contributed by atoms with Crippen LogP contribution in [0.15, 0.2) is 23.8 Å². The molecule has 0 aromatic carbocycles. The Balaban J connectivity index is 2.50. The van der Waals surface area contributed by atoms with E-state index in [2.05, 4.69) is 6.58 Å². The summed E-state index contributed by atoms with van der Waals surface area (Å²) >= 11 is 0. The summed E-state index contributed by atoms with van der Waals surface area (Å²) in [5, 5.41) is 12.5. The van der Waals surface area contributed by atoms with Gasteiger partial charge < -0.3 is 33.5 Å². The fourth-order valence-corrected chi connectivity index (χ4v) is 6.73. The zero-order chi connectivity index (χ0) is 32.6. The Morgan fingerprint density at radius 3 is 1.91 bits per heavy atom. The van der Waals surface area contributed by atoms with Crippen molar-refractivity contribution < 1.29 is 62.3 Å². The average Bonchev–Trinajstić information content (AvgIpc) is 3.08. The Labute approximate surface area is 249 Å². The van der Waals surface area contributed by atoms with E-state index in [0.29, 0.717) is 5.57 Å². The number of ether oxygens (including phenoxy) is 6. The van der Waals surface area contributed by atoms with Gasteiger partial charge in [0.25, 0.3) is 0 Å². The van der Waals surface area contributed by atoms with E-state index in [9.17, 15) is 33.9 Å². The molecule has 43 heavy (non-hydrogen) atoms. The van der Waals surface area contributed by atoms with E-state index in [-0.39, 0.29) is 18.4 Å². The number of rotatable bonds is 5. The normalized spacial score (nSPS) is 38.6. The molecule has 0 amide bonds. The van der Waals surface area contributed by atoms with E-state index >= 15 is 0 Å². The number of allylic oxidation sites excluding steroid dienone is 1. The predicted octanol–water partition coefficient (Wildman–Crippen LogP) is 1.87.